The van der Waals surface area contributed by atoms with Crippen molar-refractivity contribution in [3.8, 4) is 0 Å². The van der Waals surface area contributed by atoms with Gasteiger partial charge in [0.25, 0.3) is 0 Å². The van der Waals surface area contributed by atoms with Gasteiger partial charge in [0.1, 0.15) is 0 Å². The topological polar surface area (TPSA) is 22.0 Å². The number of ketones is 1. The fraction of sp³-hybridized carbons (Fsp3) is 0.118. The van der Waals surface area contributed by atoms with Crippen LogP contribution in [0.3, 0.4) is 0 Å². The van der Waals surface area contributed by atoms with E-state index in [1.807, 2.05) is 48.1 Å². The van der Waals surface area contributed by atoms with Gasteiger partial charge in [0, 0.05) is 38.8 Å². The monoisotopic (exact) mass is 375 g/mol. The van der Waals surface area contributed by atoms with Gasteiger partial charge in [-0.15, -0.1) is 0 Å². The summed E-state index contributed by atoms with van der Waals surface area (Å²) in [4.78, 5) is 12.8. The lowest BCUT2D eigenvalue weighted by atomic mass is 10.0. The molecule has 0 saturated carbocycles. The molecule has 20 heavy (non-hydrogen) atoms. The van der Waals surface area contributed by atoms with Gasteiger partial charge in [0.15, 0.2) is 5.78 Å². The van der Waals surface area contributed by atoms with Crippen LogP contribution in [-0.4, -0.2) is 10.4 Å². The summed E-state index contributed by atoms with van der Waals surface area (Å²) in [5.41, 5.74) is 3.83. The van der Waals surface area contributed by atoms with E-state index < -0.39 is 0 Å². The highest BCUT2D eigenvalue weighted by Crippen LogP contribution is 2.25. The maximum atomic E-state index is 12.8. The molecule has 2 nitrogen and oxygen atoms in total. The van der Waals surface area contributed by atoms with Gasteiger partial charge >= 0.3 is 0 Å². The summed E-state index contributed by atoms with van der Waals surface area (Å²) in [5, 5.41) is 1.02. The van der Waals surface area contributed by atoms with Crippen molar-refractivity contribution >= 4 is 39.3 Å². The van der Waals surface area contributed by atoms with Crippen molar-refractivity contribution < 1.29 is 4.79 Å². The number of rotatable bonds is 2. The molecule has 0 saturated heterocycles. The Kier molecular flexibility index (Phi) is 3.38. The lowest BCUT2D eigenvalue weighted by Crippen LogP contribution is -2.02. The zero-order chi connectivity index (χ0) is 14.3. The van der Waals surface area contributed by atoms with Gasteiger partial charge in [-0.25, -0.2) is 0 Å². The van der Waals surface area contributed by atoms with E-state index in [1.54, 1.807) is 0 Å². The molecule has 3 heteroatoms. The van der Waals surface area contributed by atoms with Crippen LogP contribution in [0.5, 0.6) is 0 Å². The highest BCUT2D eigenvalue weighted by atomic mass is 127. The van der Waals surface area contributed by atoms with E-state index in [9.17, 15) is 4.79 Å². The Labute approximate surface area is 131 Å². The molecule has 0 unspecified atom stereocenters. The molecule has 3 rings (SSSR count). The molecule has 0 atom stereocenters. The number of hydrogen-bond donors (Lipinski definition) is 0. The summed E-state index contributed by atoms with van der Waals surface area (Å²) in [6.45, 7) is 2.06. The Morgan fingerprint density at radius 1 is 1.10 bits per heavy atom. The lowest BCUT2D eigenvalue weighted by molar-refractivity contribution is 0.103. The number of hydrogen-bond acceptors (Lipinski definition) is 1. The largest absolute Gasteiger partial charge is 0.350 e. The van der Waals surface area contributed by atoms with Gasteiger partial charge in [-0.3, -0.25) is 4.79 Å². The van der Waals surface area contributed by atoms with Gasteiger partial charge < -0.3 is 4.57 Å². The fourth-order valence-corrected chi connectivity index (χ4v) is 3.10. The zero-order valence-electron chi connectivity index (χ0n) is 11.4. The Bertz CT molecular complexity index is 817. The van der Waals surface area contributed by atoms with Crippen LogP contribution in [0.4, 0.5) is 0 Å². The maximum Gasteiger partial charge on any atom is 0.196 e. The van der Waals surface area contributed by atoms with E-state index in [2.05, 4.69) is 41.6 Å². The SMILES string of the molecule is Cc1ccc2c(C(=O)c3ccccc3I)cn(C)c2c1. The van der Waals surface area contributed by atoms with Crippen molar-refractivity contribution in [2.24, 2.45) is 7.05 Å². The van der Waals surface area contributed by atoms with E-state index in [-0.39, 0.29) is 5.78 Å². The van der Waals surface area contributed by atoms with Crippen molar-refractivity contribution in [2.45, 2.75) is 6.92 Å². The van der Waals surface area contributed by atoms with E-state index in [1.165, 1.54) is 5.56 Å². The highest BCUT2D eigenvalue weighted by molar-refractivity contribution is 14.1. The second-order valence-electron chi connectivity index (χ2n) is 4.98. The Hall–Kier alpha value is -1.62. The molecule has 0 bridgehead atoms. The first-order chi connectivity index (χ1) is 9.58. The van der Waals surface area contributed by atoms with E-state index in [0.29, 0.717) is 0 Å². The lowest BCUT2D eigenvalue weighted by Gasteiger charge is -2.02. The number of aromatic nitrogens is 1. The molecule has 100 valence electrons. The molecule has 0 N–H and O–H groups in total. The molecule has 0 aliphatic rings. The van der Waals surface area contributed by atoms with Gasteiger partial charge in [0.2, 0.25) is 0 Å². The van der Waals surface area contributed by atoms with Crippen LogP contribution in [0.15, 0.2) is 48.7 Å². The van der Waals surface area contributed by atoms with Gasteiger partial charge in [-0.1, -0.05) is 24.3 Å². The standard InChI is InChI=1S/C17H14INO/c1-11-7-8-12-14(10-19(2)16(12)9-11)17(20)13-5-3-4-6-15(13)18/h3-10H,1-2H3. The smallest absolute Gasteiger partial charge is 0.196 e. The molecule has 0 amide bonds. The first-order valence-electron chi connectivity index (χ1n) is 6.43. The molecule has 0 aliphatic heterocycles. The van der Waals surface area contributed by atoms with Crippen molar-refractivity contribution in [2.75, 3.05) is 0 Å². The molecular weight excluding hydrogens is 361 g/mol. The molecule has 2 aromatic carbocycles. The fourth-order valence-electron chi connectivity index (χ4n) is 2.47. The average Bonchev–Trinajstić information content (AvgIpc) is 2.76. The third-order valence-corrected chi connectivity index (χ3v) is 4.45. The van der Waals surface area contributed by atoms with Gasteiger partial charge in [-0.2, -0.15) is 0 Å². The summed E-state index contributed by atoms with van der Waals surface area (Å²) in [6, 6.07) is 13.9. The molecule has 0 aliphatic carbocycles. The quantitative estimate of drug-likeness (QED) is 0.483. The number of halogens is 1. The second-order valence-corrected chi connectivity index (χ2v) is 6.15. The number of nitrogens with zero attached hydrogens (tertiary/aromatic N) is 1. The highest BCUT2D eigenvalue weighted by Gasteiger charge is 2.17. The summed E-state index contributed by atoms with van der Waals surface area (Å²) >= 11 is 2.21. The summed E-state index contributed by atoms with van der Waals surface area (Å²) in [6.07, 6.45) is 1.93. The van der Waals surface area contributed by atoms with Crippen LogP contribution in [0.2, 0.25) is 0 Å². The van der Waals surface area contributed by atoms with E-state index >= 15 is 0 Å². The number of fused-ring (bicyclic) bond motifs is 1. The minimum atomic E-state index is 0.0875. The van der Waals surface area contributed by atoms with Crippen molar-refractivity contribution in [3.63, 3.8) is 0 Å². The Morgan fingerprint density at radius 3 is 2.60 bits per heavy atom. The summed E-state index contributed by atoms with van der Waals surface area (Å²) < 4.78 is 3.00. The molecular formula is C17H14INO. The molecule has 0 spiro atoms. The zero-order valence-corrected chi connectivity index (χ0v) is 13.5. The number of carbonyl (C=O) groups is 1. The number of aryl methyl sites for hydroxylation is 2. The Morgan fingerprint density at radius 2 is 1.85 bits per heavy atom. The third kappa shape index (κ3) is 2.16. The molecule has 1 heterocycles. The summed E-state index contributed by atoms with van der Waals surface area (Å²) in [7, 11) is 1.98. The van der Waals surface area contributed by atoms with Crippen LogP contribution in [0.1, 0.15) is 21.5 Å². The molecule has 0 radical (unpaired) electrons. The normalized spacial score (nSPS) is 10.9. The van der Waals surface area contributed by atoms with Crippen LogP contribution < -0.4 is 0 Å². The van der Waals surface area contributed by atoms with Crippen molar-refractivity contribution in [3.05, 3.63) is 68.9 Å². The number of carbonyl (C=O) groups excluding carboxylic acids is 1. The maximum absolute atomic E-state index is 12.8. The minimum absolute atomic E-state index is 0.0875. The van der Waals surface area contributed by atoms with Crippen LogP contribution >= 0.6 is 22.6 Å². The predicted molar refractivity (Wildman–Crippen MR) is 90.2 cm³/mol. The van der Waals surface area contributed by atoms with Gasteiger partial charge in [-0.05, 0) is 53.3 Å². The van der Waals surface area contributed by atoms with Gasteiger partial charge in [0.05, 0.1) is 0 Å². The number of benzene rings is 2. The average molecular weight is 375 g/mol. The first kappa shape index (κ1) is 13.4. The first-order valence-corrected chi connectivity index (χ1v) is 7.50. The van der Waals surface area contributed by atoms with E-state index in [0.717, 1.165) is 25.6 Å². The third-order valence-electron chi connectivity index (χ3n) is 3.51. The van der Waals surface area contributed by atoms with Crippen molar-refractivity contribution in [1.82, 2.24) is 4.57 Å². The second kappa shape index (κ2) is 5.05. The van der Waals surface area contributed by atoms with E-state index in [4.69, 9.17) is 0 Å². The molecule has 1 aromatic heterocycles. The molecule has 3 aromatic rings. The Balaban J connectivity index is 2.21. The van der Waals surface area contributed by atoms with Crippen LogP contribution in [-0.2, 0) is 7.05 Å². The van der Waals surface area contributed by atoms with Crippen LogP contribution in [0, 0.1) is 10.5 Å². The van der Waals surface area contributed by atoms with Crippen molar-refractivity contribution in [1.29, 1.82) is 0 Å². The minimum Gasteiger partial charge on any atom is -0.350 e. The summed E-state index contributed by atoms with van der Waals surface area (Å²) in [5.74, 6) is 0.0875. The molecule has 0 fully saturated rings. The van der Waals surface area contributed by atoms with Crippen LogP contribution in [0.25, 0.3) is 10.9 Å². The predicted octanol–water partition coefficient (Wildman–Crippen LogP) is 4.32.